The normalized spacial score (nSPS) is 25.9. The van der Waals surface area contributed by atoms with E-state index >= 15 is 0 Å². The maximum atomic E-state index is 11.6. The highest BCUT2D eigenvalue weighted by atomic mass is 16.2. The lowest BCUT2D eigenvalue weighted by atomic mass is 9.99. The molecule has 0 aromatic carbocycles. The van der Waals surface area contributed by atoms with Crippen LogP contribution >= 0.6 is 0 Å². The predicted molar refractivity (Wildman–Crippen MR) is 52.7 cm³/mol. The molecule has 5 heteroatoms. The Bertz CT molecular complexity index is 234. The molecule has 1 saturated heterocycles. The molecule has 0 radical (unpaired) electrons. The molecular weight excluding hydrogens is 182 g/mol. The Kier molecular flexibility index (Phi) is 3.46. The molecule has 1 atom stereocenters. The predicted octanol–water partition coefficient (Wildman–Crippen LogP) is -1.01. The van der Waals surface area contributed by atoms with Gasteiger partial charge in [-0.1, -0.05) is 0 Å². The minimum Gasteiger partial charge on any atom is -0.358 e. The quantitative estimate of drug-likeness (QED) is 0.545. The van der Waals surface area contributed by atoms with Crippen molar-refractivity contribution in [3.8, 4) is 0 Å². The lowest BCUT2D eigenvalue weighted by molar-refractivity contribution is -0.129. The summed E-state index contributed by atoms with van der Waals surface area (Å²) in [5, 5.41) is 8.18. The van der Waals surface area contributed by atoms with E-state index in [0.29, 0.717) is 0 Å². The molecule has 0 aromatic rings. The topological polar surface area (TPSA) is 70.2 Å². The molecule has 14 heavy (non-hydrogen) atoms. The minimum absolute atomic E-state index is 0.0482. The summed E-state index contributed by atoms with van der Waals surface area (Å²) >= 11 is 0. The molecule has 0 saturated carbocycles. The van der Waals surface area contributed by atoms with Crippen LogP contribution in [0.2, 0.25) is 0 Å². The van der Waals surface area contributed by atoms with Gasteiger partial charge in [0.15, 0.2) is 0 Å². The van der Waals surface area contributed by atoms with Gasteiger partial charge in [-0.25, -0.2) is 0 Å². The Balaban J connectivity index is 2.38. The summed E-state index contributed by atoms with van der Waals surface area (Å²) in [6, 6.07) is 0. The van der Waals surface area contributed by atoms with Crippen LogP contribution in [0.3, 0.4) is 0 Å². The smallest absolute Gasteiger partial charge is 0.240 e. The molecule has 5 nitrogen and oxygen atoms in total. The van der Waals surface area contributed by atoms with Crippen LogP contribution in [0.15, 0.2) is 0 Å². The highest BCUT2D eigenvalue weighted by molar-refractivity contribution is 5.90. The second-order valence-electron chi connectivity index (χ2n) is 3.72. The first-order chi connectivity index (χ1) is 6.58. The molecule has 0 bridgehead atoms. The molecule has 1 rings (SSSR count). The summed E-state index contributed by atoms with van der Waals surface area (Å²) in [5.41, 5.74) is -0.492. The Morgan fingerprint density at radius 1 is 1.50 bits per heavy atom. The monoisotopic (exact) mass is 199 g/mol. The van der Waals surface area contributed by atoms with E-state index in [4.69, 9.17) is 0 Å². The molecule has 80 valence electrons. The lowest BCUT2D eigenvalue weighted by Gasteiger charge is -2.22. The van der Waals surface area contributed by atoms with E-state index < -0.39 is 5.54 Å². The van der Waals surface area contributed by atoms with Gasteiger partial charge in [-0.15, -0.1) is 0 Å². The van der Waals surface area contributed by atoms with E-state index in [0.717, 1.165) is 19.4 Å². The molecule has 0 aromatic heterocycles. The summed E-state index contributed by atoms with van der Waals surface area (Å²) in [5.74, 6) is -0.279. The zero-order chi connectivity index (χ0) is 10.6. The Hall–Kier alpha value is -1.10. The first-order valence-corrected chi connectivity index (χ1v) is 4.82. The van der Waals surface area contributed by atoms with Crippen molar-refractivity contribution in [1.29, 1.82) is 0 Å². The Morgan fingerprint density at radius 3 is 2.71 bits per heavy atom. The maximum Gasteiger partial charge on any atom is 0.240 e. The fraction of sp³-hybridized carbons (Fsp3) is 0.778. The SMILES string of the molecule is CNC(=O)CNC(=O)C1(C)CCCN1. The van der Waals surface area contributed by atoms with Crippen molar-refractivity contribution in [2.75, 3.05) is 20.1 Å². The average Bonchev–Trinajstić information content (AvgIpc) is 2.62. The largest absolute Gasteiger partial charge is 0.358 e. The molecule has 1 aliphatic rings. The Labute approximate surface area is 83.6 Å². The number of hydrogen-bond donors (Lipinski definition) is 3. The maximum absolute atomic E-state index is 11.6. The van der Waals surface area contributed by atoms with Gasteiger partial charge in [0.25, 0.3) is 0 Å². The van der Waals surface area contributed by atoms with Crippen LogP contribution in [0.25, 0.3) is 0 Å². The van der Waals surface area contributed by atoms with E-state index in [1.165, 1.54) is 0 Å². The summed E-state index contributed by atoms with van der Waals surface area (Å²) in [7, 11) is 1.55. The van der Waals surface area contributed by atoms with Crippen molar-refractivity contribution in [2.24, 2.45) is 0 Å². The zero-order valence-corrected chi connectivity index (χ0v) is 8.64. The van der Waals surface area contributed by atoms with Gasteiger partial charge < -0.3 is 16.0 Å². The van der Waals surface area contributed by atoms with Crippen molar-refractivity contribution in [1.82, 2.24) is 16.0 Å². The van der Waals surface area contributed by atoms with Crippen molar-refractivity contribution in [3.05, 3.63) is 0 Å². The molecule has 1 heterocycles. The fourth-order valence-electron chi connectivity index (χ4n) is 1.53. The van der Waals surface area contributed by atoms with E-state index in [2.05, 4.69) is 16.0 Å². The minimum atomic E-state index is -0.492. The van der Waals surface area contributed by atoms with Crippen LogP contribution in [0.4, 0.5) is 0 Å². The van der Waals surface area contributed by atoms with Crippen LogP contribution in [0.1, 0.15) is 19.8 Å². The lowest BCUT2D eigenvalue weighted by Crippen LogP contribution is -2.52. The van der Waals surface area contributed by atoms with Crippen LogP contribution in [0, 0.1) is 0 Å². The van der Waals surface area contributed by atoms with Gasteiger partial charge in [-0.05, 0) is 26.3 Å². The number of rotatable bonds is 3. The Morgan fingerprint density at radius 2 is 2.21 bits per heavy atom. The van der Waals surface area contributed by atoms with Gasteiger partial charge in [0.1, 0.15) is 0 Å². The van der Waals surface area contributed by atoms with E-state index in [9.17, 15) is 9.59 Å². The van der Waals surface area contributed by atoms with Gasteiger partial charge in [-0.2, -0.15) is 0 Å². The van der Waals surface area contributed by atoms with Crippen molar-refractivity contribution in [2.45, 2.75) is 25.3 Å². The molecule has 0 aliphatic carbocycles. The molecule has 0 spiro atoms. The van der Waals surface area contributed by atoms with Crippen molar-refractivity contribution < 1.29 is 9.59 Å². The van der Waals surface area contributed by atoms with Gasteiger partial charge >= 0.3 is 0 Å². The second-order valence-corrected chi connectivity index (χ2v) is 3.72. The number of hydrogen-bond acceptors (Lipinski definition) is 3. The van der Waals surface area contributed by atoms with Crippen molar-refractivity contribution in [3.63, 3.8) is 0 Å². The number of likely N-dealkylation sites (N-methyl/N-ethyl adjacent to an activating group) is 1. The molecule has 1 unspecified atom stereocenters. The van der Waals surface area contributed by atoms with E-state index in [-0.39, 0.29) is 18.4 Å². The summed E-state index contributed by atoms with van der Waals surface area (Å²) in [6.45, 7) is 2.77. The highest BCUT2D eigenvalue weighted by Gasteiger charge is 2.35. The molecule has 1 fully saturated rings. The van der Waals surface area contributed by atoms with Crippen LogP contribution in [-0.2, 0) is 9.59 Å². The number of carbonyl (C=O) groups is 2. The van der Waals surface area contributed by atoms with Gasteiger partial charge in [0, 0.05) is 7.05 Å². The number of carbonyl (C=O) groups excluding carboxylic acids is 2. The van der Waals surface area contributed by atoms with E-state index in [1.807, 2.05) is 6.92 Å². The summed E-state index contributed by atoms with van der Waals surface area (Å²) in [4.78, 5) is 22.5. The average molecular weight is 199 g/mol. The first-order valence-electron chi connectivity index (χ1n) is 4.82. The van der Waals surface area contributed by atoms with Crippen LogP contribution in [-0.4, -0.2) is 37.5 Å². The number of amides is 2. The highest BCUT2D eigenvalue weighted by Crippen LogP contribution is 2.17. The van der Waals surface area contributed by atoms with Gasteiger partial charge in [0.05, 0.1) is 12.1 Å². The third-order valence-electron chi connectivity index (χ3n) is 2.56. The molecule has 3 N–H and O–H groups in total. The third-order valence-corrected chi connectivity index (χ3v) is 2.56. The zero-order valence-electron chi connectivity index (χ0n) is 8.64. The number of nitrogens with one attached hydrogen (secondary N) is 3. The summed E-state index contributed by atoms with van der Waals surface area (Å²) < 4.78 is 0. The van der Waals surface area contributed by atoms with E-state index in [1.54, 1.807) is 7.05 Å². The molecular formula is C9H17N3O2. The first kappa shape index (κ1) is 11.0. The molecule has 1 aliphatic heterocycles. The van der Waals surface area contributed by atoms with Crippen LogP contribution in [0.5, 0.6) is 0 Å². The van der Waals surface area contributed by atoms with Crippen LogP contribution < -0.4 is 16.0 Å². The van der Waals surface area contributed by atoms with Gasteiger partial charge in [0.2, 0.25) is 11.8 Å². The fourth-order valence-corrected chi connectivity index (χ4v) is 1.53. The third kappa shape index (κ3) is 2.45. The summed E-state index contributed by atoms with van der Waals surface area (Å²) in [6.07, 6.45) is 1.83. The second kappa shape index (κ2) is 4.41. The van der Waals surface area contributed by atoms with Crippen molar-refractivity contribution >= 4 is 11.8 Å². The standard InChI is InChI=1S/C9H17N3O2/c1-9(4-3-5-12-9)8(14)11-6-7(13)10-2/h12H,3-6H2,1-2H3,(H,10,13)(H,11,14). The van der Waals surface area contributed by atoms with Gasteiger partial charge in [-0.3, -0.25) is 9.59 Å². The molecule has 2 amide bonds.